The quantitative estimate of drug-likeness (QED) is 0.409. The number of halogens is 3. The fraction of sp³-hybridized carbons (Fsp3) is 0.400. The number of rotatable bonds is 6. The molecule has 11 heteroatoms. The summed E-state index contributed by atoms with van der Waals surface area (Å²) in [6.45, 7) is 10.3. The van der Waals surface area contributed by atoms with Gasteiger partial charge in [-0.15, -0.1) is 5.10 Å². The minimum Gasteiger partial charge on any atom is -0.311 e. The van der Waals surface area contributed by atoms with Gasteiger partial charge in [0.2, 0.25) is 5.91 Å². The number of anilines is 1. The third-order valence-corrected chi connectivity index (χ3v) is 6.04. The van der Waals surface area contributed by atoms with Crippen LogP contribution in [0, 0.1) is 13.8 Å². The number of nitrogens with zero attached hydrogens (tertiary/aromatic N) is 6. The highest BCUT2D eigenvalue weighted by Gasteiger charge is 2.37. The van der Waals surface area contributed by atoms with E-state index in [9.17, 15) is 18.0 Å². The van der Waals surface area contributed by atoms with Gasteiger partial charge in [-0.2, -0.15) is 23.3 Å². The van der Waals surface area contributed by atoms with E-state index in [2.05, 4.69) is 70.5 Å². The zero-order valence-electron chi connectivity index (χ0n) is 20.8. The Bertz CT molecular complexity index is 1400. The molecular weight excluding hydrogens is 471 g/mol. The molecule has 36 heavy (non-hydrogen) atoms. The first-order valence-corrected chi connectivity index (χ1v) is 11.5. The number of carbonyl (C=O) groups is 1. The highest BCUT2D eigenvalue weighted by atomic mass is 19.4. The van der Waals surface area contributed by atoms with Crippen molar-refractivity contribution in [2.45, 2.75) is 65.6 Å². The maximum atomic E-state index is 13.0. The van der Waals surface area contributed by atoms with Crippen LogP contribution in [0.2, 0.25) is 0 Å². The molecule has 1 N–H and O–H groups in total. The Hall–Kier alpha value is -3.76. The lowest BCUT2D eigenvalue weighted by Crippen LogP contribution is -2.17. The van der Waals surface area contributed by atoms with Crippen LogP contribution in [-0.4, -0.2) is 35.3 Å². The molecule has 0 bridgehead atoms. The Morgan fingerprint density at radius 1 is 1.03 bits per heavy atom. The number of hydrogen-bond donors (Lipinski definition) is 1. The summed E-state index contributed by atoms with van der Waals surface area (Å²) in [6, 6.07) is 10.0. The van der Waals surface area contributed by atoms with Crippen molar-refractivity contribution in [2.75, 3.05) is 5.32 Å². The number of nitrogens with one attached hydrogen (secondary N) is 1. The van der Waals surface area contributed by atoms with Crippen molar-refractivity contribution in [2.24, 2.45) is 0 Å². The summed E-state index contributed by atoms with van der Waals surface area (Å²) in [5, 5.41) is 10.7. The van der Waals surface area contributed by atoms with Gasteiger partial charge in [-0.1, -0.05) is 45.0 Å². The smallest absolute Gasteiger partial charge is 0.311 e. The first kappa shape index (κ1) is 25.3. The monoisotopic (exact) mass is 499 g/mol. The fourth-order valence-electron chi connectivity index (χ4n) is 3.98. The lowest BCUT2D eigenvalue weighted by molar-refractivity contribution is -0.144. The molecule has 4 rings (SSSR count). The topological polar surface area (TPSA) is 90.0 Å². The lowest BCUT2D eigenvalue weighted by Gasteiger charge is -2.19. The minimum absolute atomic E-state index is 0.0642. The van der Waals surface area contributed by atoms with E-state index >= 15 is 0 Å². The SMILES string of the molecule is Cc1nc2nc(C(F)(F)F)nn2c(C)c1CCC(=O)Nc1ccnn1Cc1ccc(C(C)(C)C)cc1. The molecule has 0 atom stereocenters. The van der Waals surface area contributed by atoms with Crippen LogP contribution in [0.5, 0.6) is 0 Å². The second-order valence-electron chi connectivity index (χ2n) is 9.78. The normalized spacial score (nSPS) is 12.3. The molecule has 0 fully saturated rings. The number of fused-ring (bicyclic) bond motifs is 1. The Kier molecular flexibility index (Phi) is 6.59. The summed E-state index contributed by atoms with van der Waals surface area (Å²) in [4.78, 5) is 20.3. The van der Waals surface area contributed by atoms with Gasteiger partial charge in [0.25, 0.3) is 11.6 Å². The highest BCUT2D eigenvalue weighted by Crippen LogP contribution is 2.27. The van der Waals surface area contributed by atoms with Crippen LogP contribution in [0.25, 0.3) is 5.78 Å². The Morgan fingerprint density at radius 3 is 2.36 bits per heavy atom. The van der Waals surface area contributed by atoms with Crippen molar-refractivity contribution < 1.29 is 18.0 Å². The number of benzene rings is 1. The van der Waals surface area contributed by atoms with Crippen molar-refractivity contribution >= 4 is 17.5 Å². The van der Waals surface area contributed by atoms with Gasteiger partial charge in [0.1, 0.15) is 5.82 Å². The zero-order chi connectivity index (χ0) is 26.3. The van der Waals surface area contributed by atoms with E-state index in [4.69, 9.17) is 0 Å². The summed E-state index contributed by atoms with van der Waals surface area (Å²) >= 11 is 0. The number of carbonyl (C=O) groups excluding carboxylic acids is 1. The Balaban J connectivity index is 1.43. The Morgan fingerprint density at radius 2 is 1.72 bits per heavy atom. The second-order valence-corrected chi connectivity index (χ2v) is 9.78. The van der Waals surface area contributed by atoms with Crippen LogP contribution < -0.4 is 5.32 Å². The fourth-order valence-corrected chi connectivity index (χ4v) is 3.98. The van der Waals surface area contributed by atoms with Crippen LogP contribution in [0.4, 0.5) is 19.0 Å². The predicted molar refractivity (Wildman–Crippen MR) is 129 cm³/mol. The van der Waals surface area contributed by atoms with Crippen molar-refractivity contribution in [3.8, 4) is 0 Å². The summed E-state index contributed by atoms with van der Waals surface area (Å²) in [5.74, 6) is -1.04. The average molecular weight is 500 g/mol. The number of hydrogen-bond acceptors (Lipinski definition) is 5. The number of aromatic nitrogens is 6. The molecule has 0 aliphatic carbocycles. The van der Waals surface area contributed by atoms with Gasteiger partial charge in [0.05, 0.1) is 12.7 Å². The van der Waals surface area contributed by atoms with Gasteiger partial charge < -0.3 is 5.32 Å². The molecule has 0 radical (unpaired) electrons. The molecule has 0 saturated carbocycles. The standard InChI is InChI=1S/C25H28F3N7O/c1-15-19(16(2)35-23(30-15)32-22(33-35)25(26,27)28)10-11-21(36)31-20-12-13-29-34(20)14-17-6-8-18(9-7-17)24(3,4)5/h6-9,12-13H,10-11,14H2,1-5H3,(H,31,36). The predicted octanol–water partition coefficient (Wildman–Crippen LogP) is 4.87. The molecule has 0 spiro atoms. The number of aryl methyl sites for hydroxylation is 2. The zero-order valence-corrected chi connectivity index (χ0v) is 20.8. The summed E-state index contributed by atoms with van der Waals surface area (Å²) in [6.07, 6.45) is -2.64. The van der Waals surface area contributed by atoms with Crippen LogP contribution in [0.1, 0.15) is 61.1 Å². The highest BCUT2D eigenvalue weighted by molar-refractivity contribution is 5.90. The van der Waals surface area contributed by atoms with Crippen LogP contribution in [0.3, 0.4) is 0 Å². The van der Waals surface area contributed by atoms with Crippen molar-refractivity contribution in [1.82, 2.24) is 29.4 Å². The molecule has 1 aromatic carbocycles. The van der Waals surface area contributed by atoms with Gasteiger partial charge >= 0.3 is 6.18 Å². The molecule has 0 aliphatic heterocycles. The molecule has 8 nitrogen and oxygen atoms in total. The minimum atomic E-state index is -4.66. The maximum Gasteiger partial charge on any atom is 0.453 e. The molecule has 1 amide bonds. The van der Waals surface area contributed by atoms with Gasteiger partial charge in [0.15, 0.2) is 0 Å². The molecule has 4 aromatic rings. The third-order valence-electron chi connectivity index (χ3n) is 6.04. The number of amides is 1. The van der Waals surface area contributed by atoms with Gasteiger partial charge in [0, 0.05) is 23.9 Å². The molecule has 3 aromatic heterocycles. The van der Waals surface area contributed by atoms with Gasteiger partial charge in [-0.25, -0.2) is 14.2 Å². The first-order chi connectivity index (χ1) is 16.8. The summed E-state index contributed by atoms with van der Waals surface area (Å²) in [7, 11) is 0. The van der Waals surface area contributed by atoms with E-state index in [1.54, 1.807) is 30.8 Å². The van der Waals surface area contributed by atoms with Crippen LogP contribution in [0.15, 0.2) is 36.5 Å². The lowest BCUT2D eigenvalue weighted by atomic mass is 9.87. The summed E-state index contributed by atoms with van der Waals surface area (Å²) in [5.41, 5.74) is 3.99. The first-order valence-electron chi connectivity index (χ1n) is 11.5. The molecule has 0 unspecified atom stereocenters. The van der Waals surface area contributed by atoms with E-state index in [1.165, 1.54) is 5.56 Å². The third kappa shape index (κ3) is 5.39. The second kappa shape index (κ2) is 9.36. The van der Waals surface area contributed by atoms with E-state index in [0.717, 1.165) is 10.1 Å². The van der Waals surface area contributed by atoms with Crippen LogP contribution >= 0.6 is 0 Å². The van der Waals surface area contributed by atoms with E-state index in [0.29, 0.717) is 29.3 Å². The van der Waals surface area contributed by atoms with Crippen molar-refractivity contribution in [3.63, 3.8) is 0 Å². The van der Waals surface area contributed by atoms with Crippen LogP contribution in [-0.2, 0) is 29.4 Å². The van der Waals surface area contributed by atoms with Crippen molar-refractivity contribution in [3.05, 3.63) is 70.4 Å². The molecule has 190 valence electrons. The van der Waals surface area contributed by atoms with Gasteiger partial charge in [-0.05, 0) is 42.4 Å². The van der Waals surface area contributed by atoms with E-state index in [-0.39, 0.29) is 29.9 Å². The van der Waals surface area contributed by atoms with E-state index < -0.39 is 12.0 Å². The average Bonchev–Trinajstić information content (AvgIpc) is 3.40. The molecular formula is C25H28F3N7O. The molecule has 0 saturated heterocycles. The Labute approximate surface area is 206 Å². The largest absolute Gasteiger partial charge is 0.453 e. The molecule has 3 heterocycles. The number of alkyl halides is 3. The van der Waals surface area contributed by atoms with Crippen molar-refractivity contribution in [1.29, 1.82) is 0 Å². The molecule has 0 aliphatic rings. The van der Waals surface area contributed by atoms with Gasteiger partial charge in [-0.3, -0.25) is 4.79 Å². The maximum absolute atomic E-state index is 13.0. The summed E-state index contributed by atoms with van der Waals surface area (Å²) < 4.78 is 41.8. The van der Waals surface area contributed by atoms with E-state index in [1.807, 2.05) is 0 Å².